The molecule has 0 aliphatic carbocycles. The third kappa shape index (κ3) is 3.95. The van der Waals surface area contributed by atoms with Gasteiger partial charge in [0.05, 0.1) is 17.7 Å². The number of nitrogens with zero attached hydrogens (tertiary/aromatic N) is 3. The van der Waals surface area contributed by atoms with Crippen LogP contribution in [0.5, 0.6) is 0 Å². The first-order valence-corrected chi connectivity index (χ1v) is 9.39. The second kappa shape index (κ2) is 6.49. The number of anilines is 3. The summed E-state index contributed by atoms with van der Waals surface area (Å²) in [4.78, 5) is 4.36. The fourth-order valence-electron chi connectivity index (χ4n) is 2.62. The van der Waals surface area contributed by atoms with Crippen LogP contribution >= 0.6 is 0 Å². The van der Waals surface area contributed by atoms with Crippen LogP contribution < -0.4 is 10.6 Å². The standard InChI is InChI=1S/C15H19N5O2S/c1-2-11-5-3-4-6-13(11)18-15-19-14(9-16-20-15)17-12-7-8-23(21,22)10-12/h3-6,9,12H,2,7-8,10H2,1H3,(H2,17,18,19,20). The lowest BCUT2D eigenvalue weighted by Gasteiger charge is -2.12. The first kappa shape index (κ1) is 15.7. The fraction of sp³-hybridized carbons (Fsp3) is 0.400. The molecular formula is C15H19N5O2S. The average molecular weight is 333 g/mol. The smallest absolute Gasteiger partial charge is 0.249 e. The summed E-state index contributed by atoms with van der Waals surface area (Å²) in [6.45, 7) is 2.08. The molecule has 23 heavy (non-hydrogen) atoms. The number of rotatable bonds is 5. The number of hydrogen-bond acceptors (Lipinski definition) is 7. The molecule has 1 atom stereocenters. The second-order valence-electron chi connectivity index (χ2n) is 5.55. The predicted octanol–water partition coefficient (Wildman–Crippen LogP) is 1.78. The highest BCUT2D eigenvalue weighted by Crippen LogP contribution is 2.20. The van der Waals surface area contributed by atoms with Crippen molar-refractivity contribution < 1.29 is 8.42 Å². The van der Waals surface area contributed by atoms with E-state index in [-0.39, 0.29) is 17.5 Å². The molecule has 3 rings (SSSR count). The first-order valence-electron chi connectivity index (χ1n) is 7.57. The molecule has 1 fully saturated rings. The molecule has 7 nitrogen and oxygen atoms in total. The number of aromatic nitrogens is 3. The largest absolute Gasteiger partial charge is 0.365 e. The summed E-state index contributed by atoms with van der Waals surface area (Å²) in [6, 6.07) is 7.82. The van der Waals surface area contributed by atoms with Crippen molar-refractivity contribution in [1.29, 1.82) is 0 Å². The van der Waals surface area contributed by atoms with Crippen molar-refractivity contribution in [2.45, 2.75) is 25.8 Å². The highest BCUT2D eigenvalue weighted by molar-refractivity contribution is 7.91. The summed E-state index contributed by atoms with van der Waals surface area (Å²) < 4.78 is 23.0. The molecule has 2 N–H and O–H groups in total. The van der Waals surface area contributed by atoms with Crippen LogP contribution in [-0.4, -0.2) is 41.1 Å². The normalized spacial score (nSPS) is 19.4. The average Bonchev–Trinajstić information content (AvgIpc) is 2.87. The summed E-state index contributed by atoms with van der Waals surface area (Å²) in [5, 5.41) is 14.2. The van der Waals surface area contributed by atoms with E-state index in [0.29, 0.717) is 18.2 Å². The Morgan fingerprint density at radius 2 is 2.13 bits per heavy atom. The van der Waals surface area contributed by atoms with Crippen molar-refractivity contribution in [3.05, 3.63) is 36.0 Å². The minimum Gasteiger partial charge on any atom is -0.365 e. The van der Waals surface area contributed by atoms with E-state index >= 15 is 0 Å². The molecule has 1 saturated heterocycles. The predicted molar refractivity (Wildman–Crippen MR) is 89.6 cm³/mol. The number of aryl methyl sites for hydroxylation is 1. The lowest BCUT2D eigenvalue weighted by Crippen LogP contribution is -2.21. The van der Waals surface area contributed by atoms with Gasteiger partial charge in [0.15, 0.2) is 15.7 Å². The maximum absolute atomic E-state index is 11.5. The lowest BCUT2D eigenvalue weighted by atomic mass is 10.1. The van der Waals surface area contributed by atoms with Crippen molar-refractivity contribution in [3.63, 3.8) is 0 Å². The Labute approximate surface area is 135 Å². The first-order chi connectivity index (χ1) is 11.1. The molecule has 1 unspecified atom stereocenters. The zero-order valence-electron chi connectivity index (χ0n) is 12.9. The Balaban J connectivity index is 1.73. The van der Waals surface area contributed by atoms with Gasteiger partial charge in [0.1, 0.15) is 0 Å². The molecular weight excluding hydrogens is 314 g/mol. The van der Waals surface area contributed by atoms with Gasteiger partial charge in [-0.05, 0) is 24.5 Å². The molecule has 2 heterocycles. The van der Waals surface area contributed by atoms with Gasteiger partial charge >= 0.3 is 0 Å². The lowest BCUT2D eigenvalue weighted by molar-refractivity contribution is 0.602. The van der Waals surface area contributed by atoms with Gasteiger partial charge in [0, 0.05) is 11.7 Å². The molecule has 8 heteroatoms. The van der Waals surface area contributed by atoms with Crippen molar-refractivity contribution in [1.82, 2.24) is 15.2 Å². The quantitative estimate of drug-likeness (QED) is 0.860. The van der Waals surface area contributed by atoms with Crippen LogP contribution in [0.2, 0.25) is 0 Å². The summed E-state index contributed by atoms with van der Waals surface area (Å²) in [5.74, 6) is 1.27. The van der Waals surface area contributed by atoms with Gasteiger partial charge < -0.3 is 10.6 Å². The zero-order chi connectivity index (χ0) is 16.3. The Morgan fingerprint density at radius 1 is 1.30 bits per heavy atom. The summed E-state index contributed by atoms with van der Waals surface area (Å²) >= 11 is 0. The van der Waals surface area contributed by atoms with E-state index in [9.17, 15) is 8.42 Å². The van der Waals surface area contributed by atoms with Crippen LogP contribution in [-0.2, 0) is 16.3 Å². The summed E-state index contributed by atoms with van der Waals surface area (Å²) in [6.07, 6.45) is 2.99. The topological polar surface area (TPSA) is 96.9 Å². The molecule has 122 valence electrons. The van der Waals surface area contributed by atoms with Gasteiger partial charge in [-0.3, -0.25) is 0 Å². The fourth-order valence-corrected chi connectivity index (χ4v) is 4.29. The molecule has 1 aliphatic rings. The van der Waals surface area contributed by atoms with Crippen LogP contribution in [0.1, 0.15) is 18.9 Å². The molecule has 1 aromatic heterocycles. The molecule has 0 amide bonds. The number of para-hydroxylation sites is 1. The minimum atomic E-state index is -2.93. The van der Waals surface area contributed by atoms with Gasteiger partial charge in [-0.1, -0.05) is 25.1 Å². The van der Waals surface area contributed by atoms with Crippen molar-refractivity contribution in [2.75, 3.05) is 22.1 Å². The third-order valence-electron chi connectivity index (χ3n) is 3.79. The second-order valence-corrected chi connectivity index (χ2v) is 7.77. The number of benzene rings is 1. The highest BCUT2D eigenvalue weighted by Gasteiger charge is 2.28. The maximum atomic E-state index is 11.5. The SMILES string of the molecule is CCc1ccccc1Nc1nncc(NC2CCS(=O)(=O)C2)n1. The molecule has 1 aliphatic heterocycles. The van der Waals surface area contributed by atoms with E-state index in [1.807, 2.05) is 24.3 Å². The Kier molecular flexibility index (Phi) is 4.42. The van der Waals surface area contributed by atoms with Gasteiger partial charge in [-0.2, -0.15) is 10.1 Å². The molecule has 0 spiro atoms. The number of hydrogen-bond donors (Lipinski definition) is 2. The maximum Gasteiger partial charge on any atom is 0.249 e. The van der Waals surface area contributed by atoms with E-state index in [1.165, 1.54) is 6.20 Å². The zero-order valence-corrected chi connectivity index (χ0v) is 13.7. The Morgan fingerprint density at radius 3 is 2.87 bits per heavy atom. The van der Waals surface area contributed by atoms with E-state index < -0.39 is 9.84 Å². The van der Waals surface area contributed by atoms with Crippen LogP contribution in [0.15, 0.2) is 30.5 Å². The number of sulfone groups is 1. The Hall–Kier alpha value is -2.22. The molecule has 0 radical (unpaired) electrons. The van der Waals surface area contributed by atoms with Crippen LogP contribution in [0.25, 0.3) is 0 Å². The highest BCUT2D eigenvalue weighted by atomic mass is 32.2. The van der Waals surface area contributed by atoms with Crippen molar-refractivity contribution >= 4 is 27.3 Å². The van der Waals surface area contributed by atoms with E-state index in [4.69, 9.17) is 0 Å². The summed E-state index contributed by atoms with van der Waals surface area (Å²) in [7, 11) is -2.93. The van der Waals surface area contributed by atoms with Gasteiger partial charge in [-0.25, -0.2) is 8.42 Å². The van der Waals surface area contributed by atoms with Gasteiger partial charge in [0.25, 0.3) is 0 Å². The summed E-state index contributed by atoms with van der Waals surface area (Å²) in [5.41, 5.74) is 2.11. The molecule has 2 aromatic rings. The molecule has 0 bridgehead atoms. The Bertz CT molecular complexity index is 794. The van der Waals surface area contributed by atoms with E-state index in [0.717, 1.165) is 17.7 Å². The molecule has 1 aromatic carbocycles. The monoisotopic (exact) mass is 333 g/mol. The van der Waals surface area contributed by atoms with Crippen molar-refractivity contribution in [2.24, 2.45) is 0 Å². The van der Waals surface area contributed by atoms with Crippen LogP contribution in [0.4, 0.5) is 17.5 Å². The molecule has 0 saturated carbocycles. The minimum absolute atomic E-state index is 0.118. The van der Waals surface area contributed by atoms with Crippen molar-refractivity contribution in [3.8, 4) is 0 Å². The number of nitrogens with one attached hydrogen (secondary N) is 2. The third-order valence-corrected chi connectivity index (χ3v) is 5.56. The van der Waals surface area contributed by atoms with E-state index in [2.05, 4.69) is 32.7 Å². The van der Waals surface area contributed by atoms with Gasteiger partial charge in [-0.15, -0.1) is 5.10 Å². The van der Waals surface area contributed by atoms with Crippen LogP contribution in [0, 0.1) is 0 Å². The van der Waals surface area contributed by atoms with E-state index in [1.54, 1.807) is 0 Å². The van der Waals surface area contributed by atoms with Gasteiger partial charge in [0.2, 0.25) is 5.95 Å². The van der Waals surface area contributed by atoms with Crippen LogP contribution in [0.3, 0.4) is 0 Å².